The Morgan fingerprint density at radius 3 is 2.62 bits per heavy atom. The summed E-state index contributed by atoms with van der Waals surface area (Å²) in [5, 5.41) is 0. The Hall–Kier alpha value is -2.22. The molecule has 1 heterocycles. The molecular weight excluding hydrogens is 297 g/mol. The van der Waals surface area contributed by atoms with Gasteiger partial charge >= 0.3 is 5.69 Å². The van der Waals surface area contributed by atoms with Crippen LogP contribution in [0.15, 0.2) is 45.1 Å². The fourth-order valence-corrected chi connectivity index (χ4v) is 3.04. The molecule has 0 fully saturated rings. The van der Waals surface area contributed by atoms with Crippen molar-refractivity contribution in [2.45, 2.75) is 4.90 Å². The van der Waals surface area contributed by atoms with Gasteiger partial charge in [-0.25, -0.2) is 17.4 Å². The van der Waals surface area contributed by atoms with Crippen molar-refractivity contribution in [3.8, 4) is 5.75 Å². The summed E-state index contributed by atoms with van der Waals surface area (Å²) in [7, 11) is 2.24. The Kier molecular flexibility index (Phi) is 4.37. The molecule has 0 amide bonds. The predicted molar refractivity (Wildman–Crippen MR) is 75.9 cm³/mol. The van der Waals surface area contributed by atoms with Gasteiger partial charge in [-0.15, -0.1) is 0 Å². The number of para-hydroxylation sites is 1. The molecule has 0 N–H and O–H groups in total. The average Bonchev–Trinajstić information content (AvgIpc) is 2.50. The lowest BCUT2D eigenvalue weighted by molar-refractivity contribution is 0.404. The number of nitrogens with zero attached hydrogens (tertiary/aromatic N) is 3. The van der Waals surface area contributed by atoms with Crippen LogP contribution >= 0.6 is 0 Å². The van der Waals surface area contributed by atoms with Gasteiger partial charge in [0, 0.05) is 14.1 Å². The lowest BCUT2D eigenvalue weighted by Gasteiger charge is -2.11. The van der Waals surface area contributed by atoms with E-state index >= 15 is 0 Å². The van der Waals surface area contributed by atoms with Crippen LogP contribution in [0.3, 0.4) is 0 Å². The maximum absolute atomic E-state index is 13.9. The highest BCUT2D eigenvalue weighted by molar-refractivity contribution is 7.83. The highest BCUT2D eigenvalue weighted by Crippen LogP contribution is 2.21. The van der Waals surface area contributed by atoms with Crippen molar-refractivity contribution in [3.05, 3.63) is 52.3 Å². The minimum Gasteiger partial charge on any atom is -0.495 e. The first-order valence-electron chi connectivity index (χ1n) is 5.97. The molecular formula is C13H14FN3O3S. The van der Waals surface area contributed by atoms with Crippen molar-refractivity contribution in [2.75, 3.05) is 14.2 Å². The van der Waals surface area contributed by atoms with Gasteiger partial charge in [-0.05, 0) is 12.1 Å². The van der Waals surface area contributed by atoms with E-state index in [9.17, 15) is 13.4 Å². The van der Waals surface area contributed by atoms with Crippen LogP contribution in [0.5, 0.6) is 5.75 Å². The van der Waals surface area contributed by atoms with Crippen LogP contribution in [-0.2, 0) is 18.0 Å². The van der Waals surface area contributed by atoms with Gasteiger partial charge in [0.25, 0.3) is 0 Å². The summed E-state index contributed by atoms with van der Waals surface area (Å²) < 4.78 is 33.4. The Morgan fingerprint density at radius 2 is 2.00 bits per heavy atom. The van der Waals surface area contributed by atoms with Crippen molar-refractivity contribution >= 4 is 11.0 Å². The third-order valence-corrected chi connectivity index (χ3v) is 4.22. The number of rotatable bonds is 3. The highest BCUT2D eigenvalue weighted by atomic mass is 32.2. The van der Waals surface area contributed by atoms with E-state index in [4.69, 9.17) is 4.74 Å². The summed E-state index contributed by atoms with van der Waals surface area (Å²) in [4.78, 5) is 16.1. The summed E-state index contributed by atoms with van der Waals surface area (Å²) in [6.45, 7) is 0. The predicted octanol–water partition coefficient (Wildman–Crippen LogP) is 0.436. The van der Waals surface area contributed by atoms with E-state index in [1.807, 2.05) is 0 Å². The summed E-state index contributed by atoms with van der Waals surface area (Å²) in [5.74, 6) is -0.377. The molecule has 6 nitrogen and oxygen atoms in total. The van der Waals surface area contributed by atoms with Crippen LogP contribution in [0.4, 0.5) is 4.39 Å². The van der Waals surface area contributed by atoms with E-state index in [1.165, 1.54) is 21.2 Å². The molecule has 8 heteroatoms. The molecule has 21 heavy (non-hydrogen) atoms. The zero-order valence-electron chi connectivity index (χ0n) is 11.7. The van der Waals surface area contributed by atoms with Crippen LogP contribution < -0.4 is 15.9 Å². The summed E-state index contributed by atoms with van der Waals surface area (Å²) >= 11 is 0. The molecule has 0 aliphatic rings. The lowest BCUT2D eigenvalue weighted by Crippen LogP contribution is -2.41. The molecule has 0 saturated heterocycles. The Labute approximate surface area is 122 Å². The molecule has 0 aliphatic carbocycles. The van der Waals surface area contributed by atoms with E-state index in [-0.39, 0.29) is 10.4 Å². The van der Waals surface area contributed by atoms with Crippen LogP contribution in [-0.4, -0.2) is 26.9 Å². The smallest absolute Gasteiger partial charge is 0.341 e. The second kappa shape index (κ2) is 6.04. The highest BCUT2D eigenvalue weighted by Gasteiger charge is 2.16. The van der Waals surface area contributed by atoms with Crippen molar-refractivity contribution in [1.29, 1.82) is 0 Å². The largest absolute Gasteiger partial charge is 0.495 e. The molecule has 112 valence electrons. The summed E-state index contributed by atoms with van der Waals surface area (Å²) in [5.41, 5.74) is -0.741. The standard InChI is InChI=1S/C13H14FN3O3S/c1-15-12-9(14)8-17(13(18)16(12)2)21(19)11-7-5-4-6-10(11)20-3/h4-8H,1-3H3. The SMILES string of the molecule is CN=c1c(F)cn(S(=O)c2ccccc2OC)c(=O)n1C. The molecule has 0 radical (unpaired) electrons. The monoisotopic (exact) mass is 311 g/mol. The zero-order valence-corrected chi connectivity index (χ0v) is 12.6. The molecule has 0 saturated carbocycles. The Bertz CT molecular complexity index is 826. The second-order valence-electron chi connectivity index (χ2n) is 4.09. The molecule has 1 aromatic heterocycles. The number of hydrogen-bond donors (Lipinski definition) is 0. The Morgan fingerprint density at radius 1 is 1.33 bits per heavy atom. The molecule has 1 unspecified atom stereocenters. The molecule has 0 bridgehead atoms. The molecule has 1 atom stereocenters. The van der Waals surface area contributed by atoms with Gasteiger partial charge < -0.3 is 4.74 Å². The molecule has 1 aromatic carbocycles. The van der Waals surface area contributed by atoms with Crippen LogP contribution in [0.25, 0.3) is 0 Å². The van der Waals surface area contributed by atoms with Gasteiger partial charge in [-0.3, -0.25) is 9.56 Å². The van der Waals surface area contributed by atoms with Crippen molar-refractivity contribution in [1.82, 2.24) is 8.54 Å². The van der Waals surface area contributed by atoms with Gasteiger partial charge in [0.05, 0.1) is 13.3 Å². The van der Waals surface area contributed by atoms with Crippen LogP contribution in [0.1, 0.15) is 0 Å². The number of benzene rings is 1. The number of hydrogen-bond acceptors (Lipinski definition) is 4. The maximum Gasteiger partial charge on any atom is 0.341 e. The van der Waals surface area contributed by atoms with E-state index < -0.39 is 22.5 Å². The van der Waals surface area contributed by atoms with E-state index in [1.54, 1.807) is 24.3 Å². The first-order chi connectivity index (χ1) is 10.0. The van der Waals surface area contributed by atoms with Crippen molar-refractivity contribution in [2.24, 2.45) is 12.0 Å². The van der Waals surface area contributed by atoms with E-state index in [0.29, 0.717) is 5.75 Å². The first-order valence-corrected chi connectivity index (χ1v) is 7.08. The van der Waals surface area contributed by atoms with Crippen molar-refractivity contribution < 1.29 is 13.3 Å². The third kappa shape index (κ3) is 2.66. The lowest BCUT2D eigenvalue weighted by atomic mass is 10.3. The normalized spacial score (nSPS) is 13.2. The van der Waals surface area contributed by atoms with Gasteiger partial charge in [0.15, 0.2) is 22.3 Å². The topological polar surface area (TPSA) is 65.6 Å². The van der Waals surface area contributed by atoms with Gasteiger partial charge in [0.2, 0.25) is 0 Å². The number of ether oxygens (including phenoxy) is 1. The molecule has 2 aromatic rings. The molecule has 0 spiro atoms. The van der Waals surface area contributed by atoms with Gasteiger partial charge in [-0.1, -0.05) is 12.1 Å². The summed E-state index contributed by atoms with van der Waals surface area (Å²) in [6.07, 6.45) is 0.882. The van der Waals surface area contributed by atoms with Crippen LogP contribution in [0.2, 0.25) is 0 Å². The fourth-order valence-electron chi connectivity index (χ4n) is 1.86. The Balaban J connectivity index is 2.68. The molecule has 2 rings (SSSR count). The summed E-state index contributed by atoms with van der Waals surface area (Å²) in [6, 6.07) is 6.54. The van der Waals surface area contributed by atoms with Gasteiger partial charge in [-0.2, -0.15) is 0 Å². The number of methoxy groups -OCH3 is 1. The minimum absolute atomic E-state index is 0.103. The zero-order chi connectivity index (χ0) is 15.6. The van der Waals surface area contributed by atoms with E-state index in [0.717, 1.165) is 14.7 Å². The minimum atomic E-state index is -1.92. The quantitative estimate of drug-likeness (QED) is 0.826. The number of halogens is 1. The van der Waals surface area contributed by atoms with E-state index in [2.05, 4.69) is 4.99 Å². The molecule has 0 aliphatic heterocycles. The fraction of sp³-hybridized carbons (Fsp3) is 0.231. The average molecular weight is 311 g/mol. The number of aromatic nitrogens is 2. The second-order valence-corrected chi connectivity index (χ2v) is 5.42. The first kappa shape index (κ1) is 15.2. The maximum atomic E-state index is 13.9. The van der Waals surface area contributed by atoms with Gasteiger partial charge in [0.1, 0.15) is 10.6 Å². The third-order valence-electron chi connectivity index (χ3n) is 2.89. The van der Waals surface area contributed by atoms with Crippen LogP contribution in [0, 0.1) is 5.82 Å². The van der Waals surface area contributed by atoms with Crippen molar-refractivity contribution in [3.63, 3.8) is 0 Å².